The first-order valence-corrected chi connectivity index (χ1v) is 6.80. The quantitative estimate of drug-likeness (QED) is 0.856. The summed E-state index contributed by atoms with van der Waals surface area (Å²) < 4.78 is 0. The minimum Gasteiger partial charge on any atom is -0.395 e. The zero-order valence-electron chi connectivity index (χ0n) is 9.68. The fourth-order valence-electron chi connectivity index (χ4n) is 1.37. The summed E-state index contributed by atoms with van der Waals surface area (Å²) in [5.74, 6) is -0.252. The van der Waals surface area contributed by atoms with Crippen LogP contribution in [0.25, 0.3) is 0 Å². The molecule has 94 valence electrons. The number of pyridine rings is 1. The Hall–Kier alpha value is -0.780. The van der Waals surface area contributed by atoms with E-state index in [4.69, 9.17) is 16.7 Å². The molecule has 1 amide bonds. The van der Waals surface area contributed by atoms with Gasteiger partial charge in [0.1, 0.15) is 0 Å². The van der Waals surface area contributed by atoms with Gasteiger partial charge in [-0.05, 0) is 19.2 Å². The second-order valence-electron chi connectivity index (χ2n) is 3.57. The number of rotatable bonds is 5. The highest BCUT2D eigenvalue weighted by atomic mass is 35.5. The molecule has 1 heterocycles. The van der Waals surface area contributed by atoms with E-state index in [0.29, 0.717) is 10.6 Å². The Labute approximate surface area is 110 Å². The maximum absolute atomic E-state index is 11.9. The van der Waals surface area contributed by atoms with Gasteiger partial charge in [0, 0.05) is 23.7 Å². The number of aliphatic hydroxyl groups is 1. The van der Waals surface area contributed by atoms with E-state index < -0.39 is 0 Å². The molecule has 17 heavy (non-hydrogen) atoms. The number of nitrogens with zero attached hydrogens (tertiary/aromatic N) is 1. The van der Waals surface area contributed by atoms with Crippen LogP contribution in [0.5, 0.6) is 0 Å². The largest absolute Gasteiger partial charge is 0.395 e. The van der Waals surface area contributed by atoms with Gasteiger partial charge in [-0.1, -0.05) is 11.6 Å². The zero-order valence-corrected chi connectivity index (χ0v) is 11.3. The van der Waals surface area contributed by atoms with Gasteiger partial charge in [-0.3, -0.25) is 9.78 Å². The van der Waals surface area contributed by atoms with Gasteiger partial charge in [0.2, 0.25) is 0 Å². The predicted octanol–water partition coefficient (Wildman–Crippen LogP) is 1.58. The number of thioether (sulfide) groups is 1. The lowest BCUT2D eigenvalue weighted by atomic mass is 10.2. The van der Waals surface area contributed by atoms with Gasteiger partial charge in [0.05, 0.1) is 17.2 Å². The molecule has 6 heteroatoms. The van der Waals surface area contributed by atoms with Gasteiger partial charge >= 0.3 is 0 Å². The van der Waals surface area contributed by atoms with E-state index in [-0.39, 0.29) is 23.8 Å². The predicted molar refractivity (Wildman–Crippen MR) is 70.6 cm³/mol. The lowest BCUT2D eigenvalue weighted by Crippen LogP contribution is -2.41. The first-order chi connectivity index (χ1) is 8.10. The van der Waals surface area contributed by atoms with Gasteiger partial charge in [-0.25, -0.2) is 0 Å². The van der Waals surface area contributed by atoms with Crippen molar-refractivity contribution in [3.05, 3.63) is 29.0 Å². The van der Waals surface area contributed by atoms with E-state index in [1.807, 2.05) is 13.2 Å². The number of carbonyl (C=O) groups excluding carboxylic acids is 1. The van der Waals surface area contributed by atoms with E-state index in [2.05, 4.69) is 10.3 Å². The third-order valence-electron chi connectivity index (χ3n) is 2.42. The van der Waals surface area contributed by atoms with Crippen molar-refractivity contribution in [1.29, 1.82) is 0 Å². The molecule has 0 aliphatic rings. The molecule has 1 aromatic rings. The highest BCUT2D eigenvalue weighted by Gasteiger charge is 2.19. The van der Waals surface area contributed by atoms with Gasteiger partial charge in [-0.2, -0.15) is 11.8 Å². The fraction of sp³-hybridized carbons (Fsp3) is 0.455. The summed E-state index contributed by atoms with van der Waals surface area (Å²) >= 11 is 7.38. The molecule has 0 saturated carbocycles. The lowest BCUT2D eigenvalue weighted by Gasteiger charge is -2.21. The summed E-state index contributed by atoms with van der Waals surface area (Å²) in [7, 11) is 0. The molecule has 0 aromatic carbocycles. The van der Waals surface area contributed by atoms with Crippen molar-refractivity contribution in [2.45, 2.75) is 18.2 Å². The number of nitrogens with one attached hydrogen (secondary N) is 1. The minimum absolute atomic E-state index is 0.0205. The molecule has 2 N–H and O–H groups in total. The molecule has 0 bridgehead atoms. The Morgan fingerprint density at radius 3 is 2.94 bits per heavy atom. The van der Waals surface area contributed by atoms with Gasteiger partial charge in [-0.15, -0.1) is 0 Å². The number of aliphatic hydroxyl groups excluding tert-OH is 1. The molecule has 1 rings (SSSR count). The number of hydrogen-bond acceptors (Lipinski definition) is 4. The summed E-state index contributed by atoms with van der Waals surface area (Å²) in [6, 6.07) is 1.43. The van der Waals surface area contributed by atoms with Crippen LogP contribution >= 0.6 is 23.4 Å². The molecule has 0 aliphatic carbocycles. The Kier molecular flexibility index (Phi) is 5.74. The molecular weight excluding hydrogens is 260 g/mol. The summed E-state index contributed by atoms with van der Waals surface area (Å²) in [6.07, 6.45) is 4.84. The van der Waals surface area contributed by atoms with E-state index >= 15 is 0 Å². The molecule has 0 aliphatic heterocycles. The zero-order chi connectivity index (χ0) is 12.8. The minimum atomic E-state index is -0.252. The number of amides is 1. The van der Waals surface area contributed by atoms with Crippen LogP contribution in [0, 0.1) is 0 Å². The van der Waals surface area contributed by atoms with Gasteiger partial charge in [0.25, 0.3) is 5.91 Å². The van der Waals surface area contributed by atoms with Gasteiger partial charge in [0.15, 0.2) is 0 Å². The number of carbonyl (C=O) groups is 1. The van der Waals surface area contributed by atoms with Crippen LogP contribution in [0.1, 0.15) is 17.3 Å². The Morgan fingerprint density at radius 2 is 2.41 bits per heavy atom. The summed E-state index contributed by atoms with van der Waals surface area (Å²) in [6.45, 7) is 1.87. The first-order valence-electron chi connectivity index (χ1n) is 5.14. The van der Waals surface area contributed by atoms with E-state index in [9.17, 15) is 4.79 Å². The van der Waals surface area contributed by atoms with Crippen LogP contribution in [0.15, 0.2) is 18.5 Å². The molecule has 4 nitrogen and oxygen atoms in total. The Bertz CT molecular complexity index is 385. The van der Waals surface area contributed by atoms with Crippen LogP contribution in [0.4, 0.5) is 0 Å². The Balaban J connectivity index is 2.70. The van der Waals surface area contributed by atoms with Crippen LogP contribution in [0.2, 0.25) is 5.02 Å². The smallest absolute Gasteiger partial charge is 0.253 e. The number of hydrogen-bond donors (Lipinski definition) is 2. The molecule has 1 aromatic heterocycles. The van der Waals surface area contributed by atoms with Crippen molar-refractivity contribution in [2.75, 3.05) is 12.9 Å². The summed E-state index contributed by atoms with van der Waals surface area (Å²) in [5.41, 5.74) is 0.395. The van der Waals surface area contributed by atoms with Crippen LogP contribution in [-0.4, -0.2) is 40.2 Å². The Morgan fingerprint density at radius 1 is 1.71 bits per heavy atom. The van der Waals surface area contributed by atoms with Crippen molar-refractivity contribution in [3.8, 4) is 0 Å². The number of halogens is 1. The number of aromatic nitrogens is 1. The monoisotopic (exact) mass is 274 g/mol. The SMILES string of the molecule is CS[C@@H](CO)[C@@H](C)NC(=O)c1ccncc1Cl. The van der Waals surface area contributed by atoms with Crippen molar-refractivity contribution < 1.29 is 9.90 Å². The molecular formula is C11H15ClN2O2S. The molecule has 0 radical (unpaired) electrons. The van der Waals surface area contributed by atoms with Crippen molar-refractivity contribution in [1.82, 2.24) is 10.3 Å². The first kappa shape index (κ1) is 14.3. The highest BCUT2D eigenvalue weighted by Crippen LogP contribution is 2.15. The van der Waals surface area contributed by atoms with Gasteiger partial charge < -0.3 is 10.4 Å². The normalized spacial score (nSPS) is 14.1. The molecule has 0 saturated heterocycles. The van der Waals surface area contributed by atoms with Crippen LogP contribution in [0.3, 0.4) is 0 Å². The van der Waals surface area contributed by atoms with E-state index in [1.165, 1.54) is 24.2 Å². The second kappa shape index (κ2) is 6.83. The average Bonchev–Trinajstić information content (AvgIpc) is 2.31. The topological polar surface area (TPSA) is 62.2 Å². The molecule has 2 atom stereocenters. The fourth-order valence-corrected chi connectivity index (χ4v) is 2.20. The van der Waals surface area contributed by atoms with Crippen molar-refractivity contribution in [3.63, 3.8) is 0 Å². The summed E-state index contributed by atoms with van der Waals surface area (Å²) in [4.78, 5) is 15.7. The molecule has 0 unspecified atom stereocenters. The third kappa shape index (κ3) is 3.87. The molecule has 0 fully saturated rings. The highest BCUT2D eigenvalue weighted by molar-refractivity contribution is 7.99. The van der Waals surface area contributed by atoms with Crippen LogP contribution in [-0.2, 0) is 0 Å². The lowest BCUT2D eigenvalue weighted by molar-refractivity contribution is 0.0936. The standard InChI is InChI=1S/C11H15ClN2O2S/c1-7(10(6-15)17-2)14-11(16)8-3-4-13-5-9(8)12/h3-5,7,10,15H,6H2,1-2H3,(H,14,16)/t7-,10+/m1/s1. The second-order valence-corrected chi connectivity index (χ2v) is 5.06. The summed E-state index contributed by atoms with van der Waals surface area (Å²) in [5, 5.41) is 12.2. The maximum atomic E-state index is 11.9. The van der Waals surface area contributed by atoms with Crippen molar-refractivity contribution in [2.24, 2.45) is 0 Å². The maximum Gasteiger partial charge on any atom is 0.253 e. The van der Waals surface area contributed by atoms with E-state index in [0.717, 1.165) is 0 Å². The third-order valence-corrected chi connectivity index (χ3v) is 3.88. The van der Waals surface area contributed by atoms with Crippen molar-refractivity contribution >= 4 is 29.3 Å². The molecule has 0 spiro atoms. The van der Waals surface area contributed by atoms with E-state index in [1.54, 1.807) is 6.07 Å². The van der Waals surface area contributed by atoms with Crippen LogP contribution < -0.4 is 5.32 Å². The average molecular weight is 275 g/mol.